The number of amides is 1. The predicted molar refractivity (Wildman–Crippen MR) is 248 cm³/mol. The number of hydrogen-bond acceptors (Lipinski definition) is 12. The Balaban J connectivity index is 1.41. The van der Waals surface area contributed by atoms with Gasteiger partial charge in [0.2, 0.25) is 5.79 Å². The minimum absolute atomic E-state index is 0.0815. The Morgan fingerprint density at radius 1 is 0.892 bits per heavy atom. The van der Waals surface area contributed by atoms with Gasteiger partial charge in [0, 0.05) is 46.1 Å². The van der Waals surface area contributed by atoms with E-state index in [1.807, 2.05) is 52.0 Å². The standard InChI is InChI=1S/C52H77NO12/c1-10-39-27-32(2)26-33(3)28-45(61-8)48-46(62-9)30-36(6)52(59,65-48)49(56)50(57)53-24-12-11-15-41(53)51(58)64-47(34(4)16-22-42(39)55)35(5)29-38-19-23-43(44(31-38)60-7)63-25-13-14-37-17-20-40(54)21-18-37/h13-14,17-18,20-21,27,29,33-34,36,38-39,41,43-48,54,59H,10-12,15-16,19,22-26,28,30-31H2,1-9H3. The van der Waals surface area contributed by atoms with Crippen LogP contribution in [0.4, 0.5) is 0 Å². The van der Waals surface area contributed by atoms with Gasteiger partial charge in [-0.15, -0.1) is 0 Å². The number of allylic oxidation sites excluding steroid dienone is 3. The number of nitrogens with zero attached hydrogens (tertiary/aromatic N) is 1. The second-order valence-corrected chi connectivity index (χ2v) is 19.3. The SMILES string of the molecule is CCC1C=C(C)CC(C)CC(OC)C2OC(O)(C(=O)C(=O)N3CCCCC3C(=O)OC(C(C)=CC3CCC(OCC=Cc4ccc(O)cc4)C(OC)C3)C(C)CCC1=O)C(C)CC2OC. The molecule has 3 fully saturated rings. The highest BCUT2D eigenvalue weighted by atomic mass is 16.7. The Labute approximate surface area is 387 Å². The lowest BCUT2D eigenvalue weighted by Crippen LogP contribution is -2.64. The van der Waals surface area contributed by atoms with Crippen LogP contribution >= 0.6 is 0 Å². The summed E-state index contributed by atoms with van der Waals surface area (Å²) in [6.07, 6.45) is 11.9. The van der Waals surface area contributed by atoms with Gasteiger partial charge in [0.15, 0.2) is 0 Å². The van der Waals surface area contributed by atoms with E-state index in [1.54, 1.807) is 40.4 Å². The molecule has 5 rings (SSSR count). The molecule has 1 aromatic rings. The summed E-state index contributed by atoms with van der Waals surface area (Å²) in [6, 6.07) is 5.91. The predicted octanol–water partition coefficient (Wildman–Crippen LogP) is 7.95. The fourth-order valence-corrected chi connectivity index (χ4v) is 10.5. The van der Waals surface area contributed by atoms with E-state index in [4.69, 9.17) is 28.4 Å². The Morgan fingerprint density at radius 3 is 2.26 bits per heavy atom. The van der Waals surface area contributed by atoms with Gasteiger partial charge < -0.3 is 43.5 Å². The van der Waals surface area contributed by atoms with Crippen LogP contribution in [0.15, 0.2) is 53.6 Å². The molecule has 13 atom stereocenters. The van der Waals surface area contributed by atoms with Gasteiger partial charge in [0.1, 0.15) is 29.8 Å². The van der Waals surface area contributed by atoms with Crippen LogP contribution in [0.1, 0.15) is 124 Å². The maximum atomic E-state index is 14.5. The van der Waals surface area contributed by atoms with Crippen molar-refractivity contribution < 1.29 is 57.8 Å². The molecule has 1 saturated carbocycles. The average molecular weight is 908 g/mol. The summed E-state index contributed by atoms with van der Waals surface area (Å²) in [5.41, 5.74) is 2.89. The molecule has 4 aliphatic rings. The maximum absolute atomic E-state index is 14.5. The van der Waals surface area contributed by atoms with Crippen LogP contribution < -0.4 is 0 Å². The highest BCUT2D eigenvalue weighted by molar-refractivity contribution is 6.39. The lowest BCUT2D eigenvalue weighted by molar-refractivity contribution is -0.302. The molecule has 13 unspecified atom stereocenters. The average Bonchev–Trinajstić information content (AvgIpc) is 3.30. The van der Waals surface area contributed by atoms with Gasteiger partial charge in [-0.3, -0.25) is 14.4 Å². The molecule has 0 radical (unpaired) electrons. The van der Waals surface area contributed by atoms with Crippen LogP contribution in [0.25, 0.3) is 6.08 Å². The lowest BCUT2D eigenvalue weighted by Gasteiger charge is -2.47. The molecular weight excluding hydrogens is 831 g/mol. The number of piperidine rings is 1. The largest absolute Gasteiger partial charge is 0.508 e. The van der Waals surface area contributed by atoms with Crippen LogP contribution in [0.3, 0.4) is 0 Å². The number of benzene rings is 1. The molecule has 2 bridgehead atoms. The number of hydrogen-bond donors (Lipinski definition) is 2. The first-order valence-corrected chi connectivity index (χ1v) is 24.0. The van der Waals surface area contributed by atoms with Crippen molar-refractivity contribution in [2.24, 2.45) is 29.6 Å². The first-order chi connectivity index (χ1) is 31.0. The highest BCUT2D eigenvalue weighted by Gasteiger charge is 2.56. The van der Waals surface area contributed by atoms with Crippen molar-refractivity contribution in [3.05, 3.63) is 59.2 Å². The number of carbonyl (C=O) groups is 4. The number of carbonyl (C=O) groups excluding carboxylic acids is 4. The molecule has 1 aliphatic carbocycles. The molecule has 3 heterocycles. The van der Waals surface area contributed by atoms with Crippen LogP contribution in [-0.2, 0) is 47.6 Å². The first-order valence-electron chi connectivity index (χ1n) is 24.0. The fraction of sp³-hybridized carbons (Fsp3) is 0.692. The number of cyclic esters (lactones) is 1. The lowest BCUT2D eigenvalue weighted by atomic mass is 9.82. The minimum atomic E-state index is -2.48. The third-order valence-corrected chi connectivity index (χ3v) is 14.3. The van der Waals surface area contributed by atoms with Crippen molar-refractivity contribution in [3.8, 4) is 5.75 Å². The summed E-state index contributed by atoms with van der Waals surface area (Å²) in [6.45, 7) is 12.3. The number of Topliss-reactive ketones (excluding diaryl/α,β-unsaturated/α-hetero) is 2. The van der Waals surface area contributed by atoms with E-state index in [2.05, 4.69) is 19.1 Å². The van der Waals surface area contributed by atoms with E-state index in [0.29, 0.717) is 64.4 Å². The topological polar surface area (TPSA) is 167 Å². The van der Waals surface area contributed by atoms with Gasteiger partial charge in [-0.05, 0) is 125 Å². The quantitative estimate of drug-likeness (QED) is 0.132. The van der Waals surface area contributed by atoms with Gasteiger partial charge in [0.25, 0.3) is 11.7 Å². The van der Waals surface area contributed by atoms with Crippen molar-refractivity contribution in [2.75, 3.05) is 34.5 Å². The Hall–Kier alpha value is -3.72. The number of ether oxygens (including phenoxy) is 6. The number of aliphatic hydroxyl groups is 1. The number of esters is 1. The van der Waals surface area contributed by atoms with Gasteiger partial charge in [0.05, 0.1) is 31.0 Å². The number of phenolic OH excluding ortho intramolecular Hbond substituents is 1. The van der Waals surface area contributed by atoms with Crippen molar-refractivity contribution in [3.63, 3.8) is 0 Å². The van der Waals surface area contributed by atoms with Crippen LogP contribution in [0.5, 0.6) is 5.75 Å². The van der Waals surface area contributed by atoms with Gasteiger partial charge >= 0.3 is 5.97 Å². The number of aromatic hydroxyl groups is 1. The number of ketones is 2. The summed E-state index contributed by atoms with van der Waals surface area (Å²) in [5, 5.41) is 21.7. The molecule has 1 aromatic carbocycles. The molecule has 13 nitrogen and oxygen atoms in total. The normalized spacial score (nSPS) is 35.6. The molecule has 3 aliphatic heterocycles. The van der Waals surface area contributed by atoms with E-state index in [9.17, 15) is 29.4 Å². The zero-order valence-electron chi connectivity index (χ0n) is 40.4. The van der Waals surface area contributed by atoms with Gasteiger partial charge in [-0.1, -0.05) is 69.7 Å². The summed E-state index contributed by atoms with van der Waals surface area (Å²) < 4.78 is 36.8. The van der Waals surface area contributed by atoms with Gasteiger partial charge in [-0.25, -0.2) is 4.79 Å². The fourth-order valence-electron chi connectivity index (χ4n) is 10.5. The maximum Gasteiger partial charge on any atom is 0.329 e. The van der Waals surface area contributed by atoms with Crippen LogP contribution in [0.2, 0.25) is 0 Å². The molecule has 362 valence electrons. The van der Waals surface area contributed by atoms with E-state index in [1.165, 1.54) is 4.90 Å². The molecule has 2 N–H and O–H groups in total. The van der Waals surface area contributed by atoms with Crippen molar-refractivity contribution in [1.29, 1.82) is 0 Å². The summed E-state index contributed by atoms with van der Waals surface area (Å²) in [4.78, 5) is 58.3. The second kappa shape index (κ2) is 24.3. The van der Waals surface area contributed by atoms with E-state index in [0.717, 1.165) is 29.6 Å². The third-order valence-electron chi connectivity index (χ3n) is 14.3. The minimum Gasteiger partial charge on any atom is -0.508 e. The number of fused-ring (bicyclic) bond motifs is 3. The molecule has 2 saturated heterocycles. The summed E-state index contributed by atoms with van der Waals surface area (Å²) in [7, 11) is 4.80. The van der Waals surface area contributed by atoms with Crippen LogP contribution in [0, 0.1) is 29.6 Å². The van der Waals surface area contributed by atoms with E-state index >= 15 is 0 Å². The highest BCUT2D eigenvalue weighted by Crippen LogP contribution is 2.39. The Bertz CT molecular complexity index is 1840. The molecule has 1 amide bonds. The van der Waals surface area contributed by atoms with Gasteiger partial charge in [-0.2, -0.15) is 0 Å². The Morgan fingerprint density at radius 2 is 1.58 bits per heavy atom. The Kier molecular flexibility index (Phi) is 19.6. The molecule has 0 aromatic heterocycles. The van der Waals surface area contributed by atoms with E-state index < -0.39 is 59.8 Å². The number of rotatable bonds is 10. The monoisotopic (exact) mass is 908 g/mol. The molecule has 65 heavy (non-hydrogen) atoms. The van der Waals surface area contributed by atoms with Crippen molar-refractivity contribution in [1.82, 2.24) is 4.90 Å². The second-order valence-electron chi connectivity index (χ2n) is 19.3. The third kappa shape index (κ3) is 13.5. The number of methoxy groups -OCH3 is 3. The zero-order chi connectivity index (χ0) is 47.4. The molecular formula is C52H77NO12. The summed E-state index contributed by atoms with van der Waals surface area (Å²) >= 11 is 0. The van der Waals surface area contributed by atoms with E-state index in [-0.39, 0.29) is 60.4 Å². The smallest absolute Gasteiger partial charge is 0.329 e. The molecule has 13 heteroatoms. The summed E-state index contributed by atoms with van der Waals surface area (Å²) in [5.74, 6) is -6.00. The number of phenols is 1. The van der Waals surface area contributed by atoms with Crippen LogP contribution in [-0.4, -0.2) is 121 Å². The molecule has 0 spiro atoms. The van der Waals surface area contributed by atoms with Crippen molar-refractivity contribution in [2.45, 2.75) is 167 Å². The van der Waals surface area contributed by atoms with Crippen molar-refractivity contribution >= 4 is 29.5 Å². The zero-order valence-corrected chi connectivity index (χ0v) is 40.4. The first kappa shape index (κ1) is 52.3.